The third-order valence-electron chi connectivity index (χ3n) is 4.23. The minimum Gasteiger partial charge on any atom is -0.481 e. The summed E-state index contributed by atoms with van der Waals surface area (Å²) in [5, 5.41) is 9.23. The summed E-state index contributed by atoms with van der Waals surface area (Å²) in [5.41, 5.74) is 0. The molecule has 0 spiro atoms. The SMILES string of the molecule is CN(C)C(=O)[C@@H]1CCCN1C(CC(=O)O)N1CCOCC1. The average Bonchev–Trinajstić information content (AvgIpc) is 2.93. The van der Waals surface area contributed by atoms with Gasteiger partial charge in [-0.15, -0.1) is 0 Å². The molecule has 0 aromatic carbocycles. The fourth-order valence-electron chi connectivity index (χ4n) is 3.20. The lowest BCUT2D eigenvalue weighted by Crippen LogP contribution is -2.57. The van der Waals surface area contributed by atoms with Crippen molar-refractivity contribution >= 4 is 11.9 Å². The molecule has 1 unspecified atom stereocenters. The summed E-state index contributed by atoms with van der Waals surface area (Å²) < 4.78 is 5.35. The molecule has 2 rings (SSSR count). The summed E-state index contributed by atoms with van der Waals surface area (Å²) in [7, 11) is 3.50. The molecule has 0 radical (unpaired) electrons. The maximum atomic E-state index is 12.3. The van der Waals surface area contributed by atoms with Crippen LogP contribution in [0.1, 0.15) is 19.3 Å². The van der Waals surface area contributed by atoms with Gasteiger partial charge in [-0.25, -0.2) is 0 Å². The van der Waals surface area contributed by atoms with Crippen LogP contribution in [0, 0.1) is 0 Å². The van der Waals surface area contributed by atoms with Crippen LogP contribution in [-0.2, 0) is 14.3 Å². The number of carboxylic acid groups (broad SMARTS) is 1. The number of ether oxygens (including phenoxy) is 1. The molecule has 2 aliphatic heterocycles. The van der Waals surface area contributed by atoms with Gasteiger partial charge in [0.2, 0.25) is 5.91 Å². The van der Waals surface area contributed by atoms with Crippen LogP contribution in [0.2, 0.25) is 0 Å². The minimum atomic E-state index is -0.825. The molecule has 2 fully saturated rings. The summed E-state index contributed by atoms with van der Waals surface area (Å²) in [4.78, 5) is 29.4. The molecule has 21 heavy (non-hydrogen) atoms. The number of hydrogen-bond acceptors (Lipinski definition) is 5. The van der Waals surface area contributed by atoms with Gasteiger partial charge in [0.15, 0.2) is 0 Å². The van der Waals surface area contributed by atoms with E-state index >= 15 is 0 Å². The van der Waals surface area contributed by atoms with Gasteiger partial charge in [0.25, 0.3) is 0 Å². The molecule has 0 aliphatic carbocycles. The van der Waals surface area contributed by atoms with Crippen LogP contribution in [0.3, 0.4) is 0 Å². The first kappa shape index (κ1) is 16.2. The average molecular weight is 299 g/mol. The first-order chi connectivity index (χ1) is 10.0. The zero-order valence-electron chi connectivity index (χ0n) is 12.8. The van der Waals surface area contributed by atoms with Crippen LogP contribution >= 0.6 is 0 Å². The number of likely N-dealkylation sites (N-methyl/N-ethyl adjacent to an activating group) is 1. The second-order valence-electron chi connectivity index (χ2n) is 5.86. The van der Waals surface area contributed by atoms with E-state index in [2.05, 4.69) is 9.80 Å². The van der Waals surface area contributed by atoms with E-state index < -0.39 is 5.97 Å². The largest absolute Gasteiger partial charge is 0.481 e. The van der Waals surface area contributed by atoms with E-state index in [9.17, 15) is 14.7 Å². The Morgan fingerprint density at radius 3 is 2.52 bits per heavy atom. The van der Waals surface area contributed by atoms with Gasteiger partial charge in [-0.3, -0.25) is 19.4 Å². The Balaban J connectivity index is 2.14. The van der Waals surface area contributed by atoms with E-state index in [1.54, 1.807) is 19.0 Å². The summed E-state index contributed by atoms with van der Waals surface area (Å²) >= 11 is 0. The van der Waals surface area contributed by atoms with E-state index in [1.165, 1.54) is 0 Å². The van der Waals surface area contributed by atoms with Gasteiger partial charge >= 0.3 is 5.97 Å². The van der Waals surface area contributed by atoms with Crippen molar-refractivity contribution in [3.8, 4) is 0 Å². The molecule has 2 atom stereocenters. The van der Waals surface area contributed by atoms with Gasteiger partial charge in [-0.2, -0.15) is 0 Å². The molecular formula is C14H25N3O4. The fourth-order valence-corrected chi connectivity index (χ4v) is 3.20. The van der Waals surface area contributed by atoms with Gasteiger partial charge in [0.05, 0.1) is 31.8 Å². The molecule has 1 amide bonds. The Kier molecular flexibility index (Phi) is 5.55. The Morgan fingerprint density at radius 2 is 1.95 bits per heavy atom. The van der Waals surface area contributed by atoms with Crippen molar-refractivity contribution in [2.45, 2.75) is 31.5 Å². The first-order valence-corrected chi connectivity index (χ1v) is 7.51. The molecule has 7 heteroatoms. The number of carbonyl (C=O) groups is 2. The van der Waals surface area contributed by atoms with Crippen molar-refractivity contribution in [3.05, 3.63) is 0 Å². The predicted molar refractivity (Wildman–Crippen MR) is 76.9 cm³/mol. The zero-order chi connectivity index (χ0) is 15.4. The second kappa shape index (κ2) is 7.20. The number of morpholine rings is 1. The van der Waals surface area contributed by atoms with Gasteiger partial charge in [0.1, 0.15) is 0 Å². The summed E-state index contributed by atoms with van der Waals surface area (Å²) in [6, 6.07) is -0.202. The third kappa shape index (κ3) is 3.93. The van der Waals surface area contributed by atoms with Crippen LogP contribution in [-0.4, -0.2) is 90.8 Å². The van der Waals surface area contributed by atoms with Crippen molar-refractivity contribution < 1.29 is 19.4 Å². The molecule has 0 saturated carbocycles. The second-order valence-corrected chi connectivity index (χ2v) is 5.86. The van der Waals surface area contributed by atoms with Crippen molar-refractivity contribution in [2.75, 3.05) is 46.9 Å². The van der Waals surface area contributed by atoms with E-state index in [1.807, 2.05) is 0 Å². The normalized spacial score (nSPS) is 25.7. The van der Waals surface area contributed by atoms with Crippen molar-refractivity contribution in [1.82, 2.24) is 14.7 Å². The van der Waals surface area contributed by atoms with Crippen LogP contribution < -0.4 is 0 Å². The summed E-state index contributed by atoms with van der Waals surface area (Å²) in [5.74, 6) is -0.759. The Bertz CT molecular complexity index is 382. The minimum absolute atomic E-state index is 0.0389. The lowest BCUT2D eigenvalue weighted by molar-refractivity contribution is -0.146. The smallest absolute Gasteiger partial charge is 0.306 e. The quantitative estimate of drug-likeness (QED) is 0.749. The molecular weight excluding hydrogens is 274 g/mol. The molecule has 0 aromatic rings. The monoisotopic (exact) mass is 299 g/mol. The zero-order valence-corrected chi connectivity index (χ0v) is 12.8. The molecule has 2 saturated heterocycles. The molecule has 120 valence electrons. The molecule has 7 nitrogen and oxygen atoms in total. The predicted octanol–water partition coefficient (Wildman–Crippen LogP) is -0.328. The highest BCUT2D eigenvalue weighted by Gasteiger charge is 2.39. The standard InChI is InChI=1S/C14H25N3O4/c1-15(2)14(20)11-4-3-5-17(11)12(10-13(18)19)16-6-8-21-9-7-16/h11-12H,3-10H2,1-2H3,(H,18,19)/t11-,12?/m0/s1. The highest BCUT2D eigenvalue weighted by atomic mass is 16.5. The number of carboxylic acids is 1. The number of amides is 1. The van der Waals surface area contributed by atoms with Gasteiger partial charge in [-0.05, 0) is 12.8 Å². The number of hydrogen-bond donors (Lipinski definition) is 1. The number of rotatable bonds is 5. The lowest BCUT2D eigenvalue weighted by Gasteiger charge is -2.41. The van der Waals surface area contributed by atoms with E-state index in [0.29, 0.717) is 13.2 Å². The van der Waals surface area contributed by atoms with Crippen LogP contribution in [0.15, 0.2) is 0 Å². The van der Waals surface area contributed by atoms with E-state index in [-0.39, 0.29) is 24.5 Å². The lowest BCUT2D eigenvalue weighted by atomic mass is 10.1. The maximum Gasteiger partial charge on any atom is 0.306 e. The molecule has 2 aliphatic rings. The van der Waals surface area contributed by atoms with Crippen LogP contribution in [0.4, 0.5) is 0 Å². The Labute approximate surface area is 125 Å². The summed E-state index contributed by atoms with van der Waals surface area (Å²) in [6.07, 6.45) is 1.56. The van der Waals surface area contributed by atoms with Crippen molar-refractivity contribution in [3.63, 3.8) is 0 Å². The Hall–Kier alpha value is -1.18. The molecule has 2 heterocycles. The van der Waals surface area contributed by atoms with Crippen molar-refractivity contribution in [1.29, 1.82) is 0 Å². The van der Waals surface area contributed by atoms with Gasteiger partial charge in [0, 0.05) is 33.7 Å². The van der Waals surface area contributed by atoms with Gasteiger partial charge in [-0.1, -0.05) is 0 Å². The van der Waals surface area contributed by atoms with Gasteiger partial charge < -0.3 is 14.7 Å². The first-order valence-electron chi connectivity index (χ1n) is 7.51. The fraction of sp³-hybridized carbons (Fsp3) is 0.857. The maximum absolute atomic E-state index is 12.3. The Morgan fingerprint density at radius 1 is 1.29 bits per heavy atom. The molecule has 0 aromatic heterocycles. The highest BCUT2D eigenvalue weighted by Crippen LogP contribution is 2.25. The highest BCUT2D eigenvalue weighted by molar-refractivity contribution is 5.81. The van der Waals surface area contributed by atoms with Crippen LogP contribution in [0.25, 0.3) is 0 Å². The number of carbonyl (C=O) groups excluding carboxylic acids is 1. The number of aliphatic carboxylic acids is 1. The van der Waals surface area contributed by atoms with E-state index in [0.717, 1.165) is 32.5 Å². The number of nitrogens with zero attached hydrogens (tertiary/aromatic N) is 3. The third-order valence-corrected chi connectivity index (χ3v) is 4.23. The van der Waals surface area contributed by atoms with Crippen molar-refractivity contribution in [2.24, 2.45) is 0 Å². The van der Waals surface area contributed by atoms with E-state index in [4.69, 9.17) is 4.74 Å². The topological polar surface area (TPSA) is 73.3 Å². The van der Waals surface area contributed by atoms with Crippen LogP contribution in [0.5, 0.6) is 0 Å². The number of likely N-dealkylation sites (tertiary alicyclic amines) is 1. The summed E-state index contributed by atoms with van der Waals surface area (Å²) in [6.45, 7) is 3.46. The molecule has 1 N–H and O–H groups in total. The molecule has 0 bridgehead atoms.